The fraction of sp³-hybridized carbons (Fsp3) is 0. The van der Waals surface area contributed by atoms with Crippen LogP contribution in [0.3, 0.4) is 0 Å². The van der Waals surface area contributed by atoms with E-state index in [4.69, 9.17) is 5.11 Å². The van der Waals surface area contributed by atoms with E-state index < -0.39 is 5.97 Å². The summed E-state index contributed by atoms with van der Waals surface area (Å²) in [6.45, 7) is 0. The van der Waals surface area contributed by atoms with E-state index in [2.05, 4.69) is 10.7 Å². The van der Waals surface area contributed by atoms with Crippen molar-refractivity contribution in [2.24, 2.45) is 5.90 Å². The second kappa shape index (κ2) is 5.37. The molecule has 0 amide bonds. The van der Waals surface area contributed by atoms with Crippen molar-refractivity contribution in [3.63, 3.8) is 0 Å². The molecule has 12 heavy (non-hydrogen) atoms. The summed E-state index contributed by atoms with van der Waals surface area (Å²) < 4.78 is 0. The van der Waals surface area contributed by atoms with Gasteiger partial charge in [0.15, 0.2) is 0 Å². The number of phenols is 1. The van der Waals surface area contributed by atoms with E-state index in [-0.39, 0.29) is 49.1 Å². The van der Waals surface area contributed by atoms with Gasteiger partial charge in [0.25, 0.3) is 0 Å². The number of benzene rings is 1. The van der Waals surface area contributed by atoms with Gasteiger partial charge in [0.05, 0.1) is 0 Å². The summed E-state index contributed by atoms with van der Waals surface area (Å²) in [5.74, 6) is 3.73. The second-order valence-corrected chi connectivity index (χ2v) is 1.92. The van der Waals surface area contributed by atoms with Crippen molar-refractivity contribution >= 4 is 43.7 Å². The molecule has 1 rings (SSSR count). The predicted molar refractivity (Wildman–Crippen MR) is 46.3 cm³/mol. The third-order valence-electron chi connectivity index (χ3n) is 1.23. The zero-order valence-corrected chi connectivity index (χ0v) is 5.65. The molecule has 0 atom stereocenters. The van der Waals surface area contributed by atoms with Crippen molar-refractivity contribution < 1.29 is 14.7 Å². The first-order valence-corrected chi connectivity index (χ1v) is 2.94. The molecule has 4 nitrogen and oxygen atoms in total. The van der Waals surface area contributed by atoms with Gasteiger partial charge in [-0.05, 0) is 12.1 Å². The minimum atomic E-state index is -0.747. The van der Waals surface area contributed by atoms with Crippen LogP contribution in [0.4, 0.5) is 0 Å². The van der Waals surface area contributed by atoms with Gasteiger partial charge in [0.2, 0.25) is 0 Å². The number of aromatic hydroxyl groups is 1. The molecule has 0 fully saturated rings. The number of carbonyl (C=O) groups excluding carboxylic acids is 1. The third-order valence-corrected chi connectivity index (χ3v) is 1.23. The SMILES string of the molecule is NOC(=O)c1ccccc1O.[CaH2]. The zero-order chi connectivity index (χ0) is 8.27. The van der Waals surface area contributed by atoms with Crippen molar-refractivity contribution in [2.75, 3.05) is 0 Å². The molecule has 0 heterocycles. The fourth-order valence-electron chi connectivity index (χ4n) is 0.710. The van der Waals surface area contributed by atoms with Crippen LogP contribution in [0.25, 0.3) is 0 Å². The van der Waals surface area contributed by atoms with Gasteiger partial charge in [-0.3, -0.25) is 0 Å². The normalized spacial score (nSPS) is 8.42. The van der Waals surface area contributed by atoms with Gasteiger partial charge in [-0.25, -0.2) is 4.79 Å². The summed E-state index contributed by atoms with van der Waals surface area (Å²) in [7, 11) is 0. The maximum atomic E-state index is 10.7. The second-order valence-electron chi connectivity index (χ2n) is 1.92. The predicted octanol–water partition coefficient (Wildman–Crippen LogP) is -0.493. The van der Waals surface area contributed by atoms with Gasteiger partial charge in [-0.15, -0.1) is 0 Å². The number of hydrogen-bond acceptors (Lipinski definition) is 4. The summed E-state index contributed by atoms with van der Waals surface area (Å²) in [6, 6.07) is 6.01. The molecule has 62 valence electrons. The Labute approximate surface area is 99.3 Å². The van der Waals surface area contributed by atoms with Gasteiger partial charge in [-0.1, -0.05) is 12.1 Å². The van der Waals surface area contributed by atoms with Gasteiger partial charge < -0.3 is 9.94 Å². The van der Waals surface area contributed by atoms with Gasteiger partial charge in [0, 0.05) is 0 Å². The fourth-order valence-corrected chi connectivity index (χ4v) is 0.710. The Hall–Kier alpha value is -0.290. The Morgan fingerprint density at radius 3 is 2.50 bits per heavy atom. The molecule has 3 N–H and O–H groups in total. The molecule has 0 saturated carbocycles. The Balaban J connectivity index is 0.00000121. The topological polar surface area (TPSA) is 72.5 Å². The monoisotopic (exact) mass is 195 g/mol. The average Bonchev–Trinajstić information content (AvgIpc) is 2.04. The summed E-state index contributed by atoms with van der Waals surface area (Å²) in [6.07, 6.45) is 0. The van der Waals surface area contributed by atoms with Crippen molar-refractivity contribution in [1.29, 1.82) is 0 Å². The quantitative estimate of drug-likeness (QED) is 0.468. The molecule has 0 unspecified atom stereocenters. The molecule has 0 aliphatic heterocycles. The maximum absolute atomic E-state index is 10.7. The van der Waals surface area contributed by atoms with Crippen LogP contribution in [-0.2, 0) is 4.84 Å². The van der Waals surface area contributed by atoms with Crippen LogP contribution in [0, 0.1) is 0 Å². The third kappa shape index (κ3) is 2.64. The zero-order valence-electron chi connectivity index (χ0n) is 5.65. The van der Waals surface area contributed by atoms with E-state index in [1.807, 2.05) is 0 Å². The molecule has 0 saturated heterocycles. The summed E-state index contributed by atoms with van der Waals surface area (Å²) >= 11 is 0. The molecular formula is C7H9CaNO3. The first kappa shape index (κ1) is 11.7. The first-order chi connectivity index (χ1) is 5.25. The van der Waals surface area contributed by atoms with Crippen LogP contribution >= 0.6 is 0 Å². The van der Waals surface area contributed by atoms with Gasteiger partial charge >= 0.3 is 43.7 Å². The average molecular weight is 195 g/mol. The number of hydrogen-bond donors (Lipinski definition) is 2. The number of phenolic OH excluding ortho intramolecular Hbond substituents is 1. The standard InChI is InChI=1S/C7H7NO3.Ca.2H/c8-11-7(10)5-3-1-2-4-6(5)9;;;/h1-4,9H,8H2;;;. The Morgan fingerprint density at radius 2 is 2.00 bits per heavy atom. The van der Waals surface area contributed by atoms with Crippen LogP contribution in [0.5, 0.6) is 5.75 Å². The van der Waals surface area contributed by atoms with Crippen LogP contribution in [0.1, 0.15) is 10.4 Å². The van der Waals surface area contributed by atoms with Crippen LogP contribution in [-0.4, -0.2) is 48.8 Å². The molecule has 1 aromatic rings. The van der Waals surface area contributed by atoms with E-state index >= 15 is 0 Å². The Bertz CT molecular complexity index is 277. The van der Waals surface area contributed by atoms with Crippen LogP contribution in [0.15, 0.2) is 24.3 Å². The van der Waals surface area contributed by atoms with Crippen LogP contribution in [0.2, 0.25) is 0 Å². The molecule has 5 heteroatoms. The van der Waals surface area contributed by atoms with Gasteiger partial charge in [-0.2, -0.15) is 5.90 Å². The van der Waals surface area contributed by atoms with Crippen molar-refractivity contribution in [3.05, 3.63) is 29.8 Å². The summed E-state index contributed by atoms with van der Waals surface area (Å²) in [5, 5.41) is 9.06. The van der Waals surface area contributed by atoms with E-state index in [0.717, 1.165) is 0 Å². The molecular weight excluding hydrogens is 186 g/mol. The van der Waals surface area contributed by atoms with Crippen molar-refractivity contribution in [1.82, 2.24) is 0 Å². The summed E-state index contributed by atoms with van der Waals surface area (Å²) in [4.78, 5) is 14.6. The van der Waals surface area contributed by atoms with Gasteiger partial charge in [0.1, 0.15) is 11.3 Å². The minimum absolute atomic E-state index is 0. The molecule has 0 aromatic heterocycles. The number of rotatable bonds is 1. The molecule has 0 spiro atoms. The molecule has 0 aliphatic rings. The van der Waals surface area contributed by atoms with Crippen LogP contribution < -0.4 is 5.90 Å². The Kier molecular flexibility index (Phi) is 5.24. The summed E-state index contributed by atoms with van der Waals surface area (Å²) in [5.41, 5.74) is 0.0648. The van der Waals surface area contributed by atoms with E-state index in [0.29, 0.717) is 0 Å². The van der Waals surface area contributed by atoms with E-state index in [1.165, 1.54) is 12.1 Å². The molecule has 0 radical (unpaired) electrons. The molecule has 0 bridgehead atoms. The molecule has 1 aromatic carbocycles. The van der Waals surface area contributed by atoms with E-state index in [9.17, 15) is 4.79 Å². The number of para-hydroxylation sites is 1. The van der Waals surface area contributed by atoms with E-state index in [1.54, 1.807) is 12.1 Å². The van der Waals surface area contributed by atoms with Crippen molar-refractivity contribution in [3.8, 4) is 5.75 Å². The first-order valence-electron chi connectivity index (χ1n) is 2.94. The number of carbonyl (C=O) groups is 1. The molecule has 0 aliphatic carbocycles. The number of nitrogens with two attached hydrogens (primary N) is 1. The van der Waals surface area contributed by atoms with Crippen molar-refractivity contribution in [2.45, 2.75) is 0 Å². The Morgan fingerprint density at radius 1 is 1.42 bits per heavy atom.